The Bertz CT molecular complexity index is 1170. The quantitative estimate of drug-likeness (QED) is 0.574. The van der Waals surface area contributed by atoms with Gasteiger partial charge in [-0.05, 0) is 37.0 Å². The lowest BCUT2D eigenvalue weighted by molar-refractivity contribution is 0.0822. The maximum absolute atomic E-state index is 12.2. The molecule has 0 aromatic carbocycles. The Balaban J connectivity index is 1.25. The van der Waals surface area contributed by atoms with Crippen molar-refractivity contribution in [3.63, 3.8) is 0 Å². The molecule has 3 aromatic heterocycles. The number of nitrogens with zero attached hydrogens (tertiary/aromatic N) is 7. The summed E-state index contributed by atoms with van der Waals surface area (Å²) in [5.74, 6) is 2.86. The lowest BCUT2D eigenvalue weighted by Gasteiger charge is -2.34. The second-order valence-corrected chi connectivity index (χ2v) is 9.25. The molecule has 0 atom stereocenters. The summed E-state index contributed by atoms with van der Waals surface area (Å²) in [4.78, 5) is 36.7. The van der Waals surface area contributed by atoms with E-state index in [0.29, 0.717) is 17.6 Å². The van der Waals surface area contributed by atoms with E-state index in [9.17, 15) is 4.79 Å². The van der Waals surface area contributed by atoms with Crippen molar-refractivity contribution < 1.29 is 9.53 Å². The minimum absolute atomic E-state index is 0.128. The number of rotatable bonds is 6. The molecule has 5 rings (SSSR count). The molecule has 2 aliphatic rings. The van der Waals surface area contributed by atoms with E-state index in [-0.39, 0.29) is 5.91 Å². The number of ether oxygens (including phenoxy) is 1. The molecule has 1 N–H and O–H groups in total. The van der Waals surface area contributed by atoms with Crippen molar-refractivity contribution >= 4 is 34.4 Å². The standard InChI is InChI=1S/C25H32N8O2/c1-31(2)24(34)20-5-9-27-25(29-20)28-17-18-6-10-33(11-7-18)23-19-4-3-8-26-21(19)16-22(30-23)32-12-14-35-15-13-32/h3-5,8-9,16,18H,6-7,10-15,17H2,1-2H3,(H,27,28,29). The molecule has 0 unspecified atom stereocenters. The van der Waals surface area contributed by atoms with Gasteiger partial charge in [0.2, 0.25) is 5.95 Å². The molecule has 1 amide bonds. The third kappa shape index (κ3) is 5.27. The van der Waals surface area contributed by atoms with Crippen molar-refractivity contribution in [1.29, 1.82) is 0 Å². The van der Waals surface area contributed by atoms with Gasteiger partial charge in [0.25, 0.3) is 5.91 Å². The zero-order valence-electron chi connectivity index (χ0n) is 20.4. The van der Waals surface area contributed by atoms with Gasteiger partial charge in [-0.3, -0.25) is 9.78 Å². The van der Waals surface area contributed by atoms with Crippen LogP contribution in [-0.4, -0.2) is 90.8 Å². The van der Waals surface area contributed by atoms with Crippen molar-refractivity contribution in [3.8, 4) is 0 Å². The smallest absolute Gasteiger partial charge is 0.272 e. The van der Waals surface area contributed by atoms with Crippen molar-refractivity contribution in [2.45, 2.75) is 12.8 Å². The van der Waals surface area contributed by atoms with Gasteiger partial charge in [-0.15, -0.1) is 0 Å². The van der Waals surface area contributed by atoms with E-state index in [2.05, 4.69) is 42.2 Å². The van der Waals surface area contributed by atoms with Crippen molar-refractivity contribution in [2.24, 2.45) is 5.92 Å². The van der Waals surface area contributed by atoms with Gasteiger partial charge >= 0.3 is 0 Å². The molecule has 10 nitrogen and oxygen atoms in total. The average molecular weight is 477 g/mol. The lowest BCUT2D eigenvalue weighted by atomic mass is 9.96. The Morgan fingerprint density at radius 1 is 1.06 bits per heavy atom. The Morgan fingerprint density at radius 3 is 2.63 bits per heavy atom. The molecule has 0 spiro atoms. The van der Waals surface area contributed by atoms with Gasteiger partial charge in [-0.1, -0.05) is 0 Å². The van der Waals surface area contributed by atoms with E-state index in [0.717, 1.165) is 81.3 Å². The highest BCUT2D eigenvalue weighted by molar-refractivity contribution is 5.92. The van der Waals surface area contributed by atoms with Crippen molar-refractivity contribution in [3.05, 3.63) is 42.4 Å². The number of morpholine rings is 1. The number of pyridine rings is 2. The lowest BCUT2D eigenvalue weighted by Crippen LogP contribution is -2.38. The SMILES string of the molecule is CN(C)C(=O)c1ccnc(NCC2CCN(c3nc(N4CCOCC4)cc4ncccc34)CC2)n1. The Labute approximate surface area is 205 Å². The number of amides is 1. The fourth-order valence-electron chi connectivity index (χ4n) is 4.62. The number of nitrogens with one attached hydrogen (secondary N) is 1. The second-order valence-electron chi connectivity index (χ2n) is 9.25. The Kier molecular flexibility index (Phi) is 6.89. The molecule has 5 heterocycles. The first-order valence-electron chi connectivity index (χ1n) is 12.2. The first-order valence-corrected chi connectivity index (χ1v) is 12.2. The number of carbonyl (C=O) groups is 1. The molecule has 0 bridgehead atoms. The van der Waals surface area contributed by atoms with Crippen molar-refractivity contribution in [1.82, 2.24) is 24.8 Å². The maximum atomic E-state index is 12.2. The van der Waals surface area contributed by atoms with Crippen LogP contribution in [0, 0.1) is 5.92 Å². The minimum atomic E-state index is -0.128. The highest BCUT2D eigenvalue weighted by atomic mass is 16.5. The second kappa shape index (κ2) is 10.4. The average Bonchev–Trinajstić information content (AvgIpc) is 2.92. The topological polar surface area (TPSA) is 99.6 Å². The summed E-state index contributed by atoms with van der Waals surface area (Å²) in [5.41, 5.74) is 1.38. The highest BCUT2D eigenvalue weighted by Crippen LogP contribution is 2.31. The number of fused-ring (bicyclic) bond motifs is 1. The number of anilines is 3. The molecule has 10 heteroatoms. The predicted octanol–water partition coefficient (Wildman–Crippen LogP) is 2.29. The first-order chi connectivity index (χ1) is 17.1. The largest absolute Gasteiger partial charge is 0.378 e. The summed E-state index contributed by atoms with van der Waals surface area (Å²) in [6.45, 7) is 5.78. The summed E-state index contributed by atoms with van der Waals surface area (Å²) in [7, 11) is 3.44. The first kappa shape index (κ1) is 23.2. The van der Waals surface area contributed by atoms with Crippen LogP contribution < -0.4 is 15.1 Å². The monoisotopic (exact) mass is 476 g/mol. The van der Waals surface area contributed by atoms with Gasteiger partial charge in [0.1, 0.15) is 17.3 Å². The molecule has 2 fully saturated rings. The van der Waals surface area contributed by atoms with Gasteiger partial charge in [-0.25, -0.2) is 15.0 Å². The molecule has 2 aliphatic heterocycles. The number of hydrogen-bond donors (Lipinski definition) is 1. The van der Waals surface area contributed by atoms with E-state index in [1.54, 1.807) is 26.4 Å². The molecule has 35 heavy (non-hydrogen) atoms. The number of hydrogen-bond acceptors (Lipinski definition) is 9. The molecular weight excluding hydrogens is 444 g/mol. The van der Waals surface area contributed by atoms with Crippen LogP contribution in [0.1, 0.15) is 23.3 Å². The Hall–Kier alpha value is -3.53. The molecule has 2 saturated heterocycles. The van der Waals surface area contributed by atoms with E-state index < -0.39 is 0 Å². The van der Waals surface area contributed by atoms with E-state index >= 15 is 0 Å². The highest BCUT2D eigenvalue weighted by Gasteiger charge is 2.24. The molecule has 0 radical (unpaired) electrons. The molecule has 3 aromatic rings. The zero-order valence-corrected chi connectivity index (χ0v) is 20.4. The summed E-state index contributed by atoms with van der Waals surface area (Å²) in [5, 5.41) is 4.42. The fourth-order valence-corrected chi connectivity index (χ4v) is 4.62. The third-order valence-corrected chi connectivity index (χ3v) is 6.64. The van der Waals surface area contributed by atoms with Crippen LogP contribution in [0.3, 0.4) is 0 Å². The van der Waals surface area contributed by atoms with Crippen LogP contribution in [0.15, 0.2) is 36.7 Å². The molecule has 184 valence electrons. The van der Waals surface area contributed by atoms with E-state index in [1.165, 1.54) is 4.90 Å². The van der Waals surface area contributed by atoms with Crippen LogP contribution in [0.2, 0.25) is 0 Å². The maximum Gasteiger partial charge on any atom is 0.272 e. The predicted molar refractivity (Wildman–Crippen MR) is 136 cm³/mol. The third-order valence-electron chi connectivity index (χ3n) is 6.64. The van der Waals surface area contributed by atoms with Crippen LogP contribution >= 0.6 is 0 Å². The van der Waals surface area contributed by atoms with Gasteiger partial charge in [0.05, 0.1) is 18.7 Å². The summed E-state index contributed by atoms with van der Waals surface area (Å²) in [6, 6.07) is 7.83. The zero-order chi connectivity index (χ0) is 24.2. The Morgan fingerprint density at radius 2 is 1.86 bits per heavy atom. The molecular formula is C25H32N8O2. The van der Waals surface area contributed by atoms with Crippen LogP contribution in [-0.2, 0) is 4.74 Å². The summed E-state index contributed by atoms with van der Waals surface area (Å²) < 4.78 is 5.52. The van der Waals surface area contributed by atoms with Crippen LogP contribution in [0.4, 0.5) is 17.6 Å². The molecule has 0 saturated carbocycles. The molecule has 0 aliphatic carbocycles. The van der Waals surface area contributed by atoms with Crippen LogP contribution in [0.5, 0.6) is 0 Å². The van der Waals surface area contributed by atoms with Crippen molar-refractivity contribution in [2.75, 3.05) is 75.1 Å². The fraction of sp³-hybridized carbons (Fsp3) is 0.480. The van der Waals surface area contributed by atoms with Gasteiger partial charge in [0.15, 0.2) is 0 Å². The van der Waals surface area contributed by atoms with Gasteiger partial charge in [-0.2, -0.15) is 0 Å². The van der Waals surface area contributed by atoms with Gasteiger partial charge in [0, 0.05) is 70.7 Å². The summed E-state index contributed by atoms with van der Waals surface area (Å²) >= 11 is 0. The van der Waals surface area contributed by atoms with E-state index in [1.807, 2.05) is 12.3 Å². The minimum Gasteiger partial charge on any atom is -0.378 e. The van der Waals surface area contributed by atoms with E-state index in [4.69, 9.17) is 9.72 Å². The number of aromatic nitrogens is 4. The van der Waals surface area contributed by atoms with Crippen LogP contribution in [0.25, 0.3) is 10.9 Å². The number of piperidine rings is 1. The van der Waals surface area contributed by atoms with Gasteiger partial charge < -0.3 is 24.8 Å². The normalized spacial score (nSPS) is 17.0. The number of carbonyl (C=O) groups excluding carboxylic acids is 1. The summed E-state index contributed by atoms with van der Waals surface area (Å²) in [6.07, 6.45) is 5.54.